The molecule has 17 heavy (non-hydrogen) atoms. The van der Waals surface area contributed by atoms with Crippen LogP contribution in [0.15, 0.2) is 11.1 Å². The van der Waals surface area contributed by atoms with Gasteiger partial charge in [0.2, 0.25) is 0 Å². The summed E-state index contributed by atoms with van der Waals surface area (Å²) in [7, 11) is 0. The number of allylic oxidation sites excluding steroid dienone is 1. The lowest BCUT2D eigenvalue weighted by Gasteiger charge is -2.41. The molecule has 2 nitrogen and oxygen atoms in total. The van der Waals surface area contributed by atoms with Crippen LogP contribution in [-0.4, -0.2) is 12.6 Å². The highest BCUT2D eigenvalue weighted by Crippen LogP contribution is 2.48. The van der Waals surface area contributed by atoms with Crippen LogP contribution in [0.4, 0.5) is 0 Å². The third-order valence-electron chi connectivity index (χ3n) is 4.41. The molecule has 0 aromatic carbocycles. The molecule has 0 fully saturated rings. The summed E-state index contributed by atoms with van der Waals surface area (Å²) in [5, 5.41) is 0. The van der Waals surface area contributed by atoms with Gasteiger partial charge in [0.15, 0.2) is 0 Å². The maximum absolute atomic E-state index is 10.9. The minimum Gasteiger partial charge on any atom is -0.465 e. The predicted octanol–water partition coefficient (Wildman–Crippen LogP) is 3.86. The third kappa shape index (κ3) is 2.72. The minimum atomic E-state index is -0.146. The van der Waals surface area contributed by atoms with E-state index in [1.165, 1.54) is 45.4 Å². The van der Waals surface area contributed by atoms with E-state index in [9.17, 15) is 4.79 Å². The van der Waals surface area contributed by atoms with Gasteiger partial charge in [-0.2, -0.15) is 0 Å². The summed E-state index contributed by atoms with van der Waals surface area (Å²) in [5.41, 5.74) is 3.67. The quantitative estimate of drug-likeness (QED) is 0.537. The summed E-state index contributed by atoms with van der Waals surface area (Å²) in [6.07, 6.45) is 7.55. The molecule has 96 valence electrons. The molecule has 2 aliphatic carbocycles. The van der Waals surface area contributed by atoms with E-state index in [2.05, 4.69) is 13.8 Å². The number of carbonyl (C=O) groups excluding carboxylic acids is 1. The molecule has 0 heterocycles. The van der Waals surface area contributed by atoms with Gasteiger partial charge in [0, 0.05) is 12.8 Å². The average Bonchev–Trinajstić information content (AvgIpc) is 2.26. The van der Waals surface area contributed by atoms with Gasteiger partial charge in [0.25, 0.3) is 0 Å². The van der Waals surface area contributed by atoms with Gasteiger partial charge in [-0.05, 0) is 43.9 Å². The minimum absolute atomic E-state index is 0.146. The van der Waals surface area contributed by atoms with Crippen LogP contribution < -0.4 is 0 Å². The highest BCUT2D eigenvalue weighted by molar-refractivity contribution is 5.65. The normalized spacial score (nSPS) is 27.6. The van der Waals surface area contributed by atoms with E-state index in [-0.39, 0.29) is 5.97 Å². The van der Waals surface area contributed by atoms with Gasteiger partial charge in [-0.25, -0.2) is 0 Å². The fourth-order valence-corrected chi connectivity index (χ4v) is 3.51. The largest absolute Gasteiger partial charge is 0.465 e. The molecule has 0 aliphatic heterocycles. The summed E-state index contributed by atoms with van der Waals surface area (Å²) in [4.78, 5) is 10.9. The van der Waals surface area contributed by atoms with Crippen molar-refractivity contribution in [2.24, 2.45) is 11.3 Å². The number of hydrogen-bond donors (Lipinski definition) is 0. The van der Waals surface area contributed by atoms with Crippen LogP contribution in [0.25, 0.3) is 0 Å². The van der Waals surface area contributed by atoms with Gasteiger partial charge in [-0.15, -0.1) is 0 Å². The molecule has 0 saturated carbocycles. The van der Waals surface area contributed by atoms with E-state index < -0.39 is 0 Å². The first-order chi connectivity index (χ1) is 8.00. The lowest BCUT2D eigenvalue weighted by atomic mass is 9.65. The van der Waals surface area contributed by atoms with E-state index >= 15 is 0 Å². The monoisotopic (exact) mass is 236 g/mol. The third-order valence-corrected chi connectivity index (χ3v) is 4.41. The first-order valence-electron chi connectivity index (χ1n) is 6.86. The maximum Gasteiger partial charge on any atom is 0.302 e. The molecule has 2 heteroatoms. The zero-order valence-corrected chi connectivity index (χ0v) is 11.3. The SMILES string of the molecule is CC(=O)OCC1CCCC2=C1CCCC2(C)C. The fourth-order valence-electron chi connectivity index (χ4n) is 3.51. The van der Waals surface area contributed by atoms with Crippen LogP contribution in [0.1, 0.15) is 59.3 Å². The zero-order chi connectivity index (χ0) is 12.5. The van der Waals surface area contributed by atoms with Gasteiger partial charge in [0.1, 0.15) is 0 Å². The smallest absolute Gasteiger partial charge is 0.302 e. The second-order valence-electron chi connectivity index (χ2n) is 6.13. The number of esters is 1. The zero-order valence-electron chi connectivity index (χ0n) is 11.3. The Morgan fingerprint density at radius 3 is 2.82 bits per heavy atom. The first kappa shape index (κ1) is 12.7. The van der Waals surface area contributed by atoms with Crippen molar-refractivity contribution in [2.45, 2.75) is 59.3 Å². The number of ether oxygens (including phenoxy) is 1. The van der Waals surface area contributed by atoms with Crippen LogP contribution >= 0.6 is 0 Å². The standard InChI is InChI=1S/C15H24O2/c1-11(16)17-10-12-6-4-8-14-13(12)7-5-9-15(14,2)3/h12H,4-10H2,1-3H3. The summed E-state index contributed by atoms with van der Waals surface area (Å²) in [5.74, 6) is 0.356. The van der Waals surface area contributed by atoms with Crippen LogP contribution in [-0.2, 0) is 9.53 Å². The fraction of sp³-hybridized carbons (Fsp3) is 0.800. The van der Waals surface area contributed by atoms with Crippen molar-refractivity contribution in [3.63, 3.8) is 0 Å². The van der Waals surface area contributed by atoms with Crippen molar-refractivity contribution in [3.8, 4) is 0 Å². The summed E-state index contributed by atoms with van der Waals surface area (Å²) < 4.78 is 5.23. The highest BCUT2D eigenvalue weighted by atomic mass is 16.5. The Bertz CT molecular complexity index is 339. The molecule has 0 aromatic rings. The van der Waals surface area contributed by atoms with E-state index in [1.54, 1.807) is 11.1 Å². The summed E-state index contributed by atoms with van der Waals surface area (Å²) >= 11 is 0. The molecule has 2 rings (SSSR count). The second kappa shape index (κ2) is 4.83. The van der Waals surface area contributed by atoms with Crippen molar-refractivity contribution >= 4 is 5.97 Å². The lowest BCUT2D eigenvalue weighted by Crippen LogP contribution is -2.29. The van der Waals surface area contributed by atoms with Crippen molar-refractivity contribution < 1.29 is 9.53 Å². The Hall–Kier alpha value is -0.790. The molecule has 0 amide bonds. The Labute approximate surface area is 104 Å². The van der Waals surface area contributed by atoms with E-state index in [1.807, 2.05) is 0 Å². The van der Waals surface area contributed by atoms with Crippen molar-refractivity contribution in [1.82, 2.24) is 0 Å². The molecule has 1 atom stereocenters. The van der Waals surface area contributed by atoms with E-state index in [0.29, 0.717) is 17.9 Å². The van der Waals surface area contributed by atoms with Crippen LogP contribution in [0.5, 0.6) is 0 Å². The molecule has 0 spiro atoms. The molecule has 0 bridgehead atoms. The van der Waals surface area contributed by atoms with Crippen molar-refractivity contribution in [2.75, 3.05) is 6.61 Å². The van der Waals surface area contributed by atoms with Gasteiger partial charge < -0.3 is 4.74 Å². The summed E-state index contributed by atoms with van der Waals surface area (Å²) in [6, 6.07) is 0. The van der Waals surface area contributed by atoms with E-state index in [0.717, 1.165) is 0 Å². The predicted molar refractivity (Wildman–Crippen MR) is 68.6 cm³/mol. The molecular formula is C15H24O2. The molecular weight excluding hydrogens is 212 g/mol. The average molecular weight is 236 g/mol. The van der Waals surface area contributed by atoms with Gasteiger partial charge in [0.05, 0.1) is 6.61 Å². The number of rotatable bonds is 2. The lowest BCUT2D eigenvalue weighted by molar-refractivity contribution is -0.142. The Balaban J connectivity index is 2.16. The second-order valence-corrected chi connectivity index (χ2v) is 6.13. The van der Waals surface area contributed by atoms with Gasteiger partial charge in [-0.1, -0.05) is 25.0 Å². The van der Waals surface area contributed by atoms with Crippen LogP contribution in [0.3, 0.4) is 0 Å². The van der Waals surface area contributed by atoms with Crippen molar-refractivity contribution in [1.29, 1.82) is 0 Å². The molecule has 2 aliphatic rings. The topological polar surface area (TPSA) is 26.3 Å². The number of hydrogen-bond acceptors (Lipinski definition) is 2. The van der Waals surface area contributed by atoms with Gasteiger partial charge in [-0.3, -0.25) is 4.79 Å². The molecule has 0 aromatic heterocycles. The molecule has 0 N–H and O–H groups in total. The molecule has 0 saturated heterocycles. The van der Waals surface area contributed by atoms with Crippen LogP contribution in [0.2, 0.25) is 0 Å². The highest BCUT2D eigenvalue weighted by Gasteiger charge is 2.34. The Kier molecular flexibility index (Phi) is 3.60. The van der Waals surface area contributed by atoms with E-state index in [4.69, 9.17) is 4.74 Å². The van der Waals surface area contributed by atoms with Crippen molar-refractivity contribution in [3.05, 3.63) is 11.1 Å². The molecule has 0 radical (unpaired) electrons. The Morgan fingerprint density at radius 1 is 1.35 bits per heavy atom. The van der Waals surface area contributed by atoms with Crippen LogP contribution in [0, 0.1) is 11.3 Å². The molecule has 1 unspecified atom stereocenters. The Morgan fingerprint density at radius 2 is 2.12 bits per heavy atom. The van der Waals surface area contributed by atoms with Gasteiger partial charge >= 0.3 is 5.97 Å². The maximum atomic E-state index is 10.9. The number of carbonyl (C=O) groups is 1. The first-order valence-corrected chi connectivity index (χ1v) is 6.86. The summed E-state index contributed by atoms with van der Waals surface area (Å²) in [6.45, 7) is 6.85.